The number of nitrogens with zero attached hydrogens (tertiary/aromatic N) is 2. The quantitative estimate of drug-likeness (QED) is 0.894. The Morgan fingerprint density at radius 2 is 2.05 bits per heavy atom. The first-order chi connectivity index (χ1) is 9.13. The molecule has 2 unspecified atom stereocenters. The smallest absolute Gasteiger partial charge is 0.377 e. The molecule has 0 aliphatic carbocycles. The molecule has 1 aromatic heterocycles. The summed E-state index contributed by atoms with van der Waals surface area (Å²) in [5.74, 6) is -0.903. The predicted octanol–water partition coefficient (Wildman–Crippen LogP) is 2.95. The largest absolute Gasteiger partial charge is 0.475 e. The van der Waals surface area contributed by atoms with Gasteiger partial charge in [-0.3, -0.25) is 0 Å². The molecule has 100 valence electrons. The van der Waals surface area contributed by atoms with E-state index < -0.39 is 5.97 Å². The summed E-state index contributed by atoms with van der Waals surface area (Å²) in [5.41, 5.74) is 1.05. The van der Waals surface area contributed by atoms with Gasteiger partial charge in [-0.15, -0.1) is 0 Å². The average Bonchev–Trinajstić information content (AvgIpc) is 2.89. The first kappa shape index (κ1) is 13.3. The van der Waals surface area contributed by atoms with E-state index in [0.717, 1.165) is 12.0 Å². The number of hydrogen-bond donors (Lipinski definition) is 1. The number of carboxylic acids is 1. The van der Waals surface area contributed by atoms with Crippen LogP contribution < -0.4 is 0 Å². The lowest BCUT2D eigenvalue weighted by atomic mass is 9.85. The summed E-state index contributed by atoms with van der Waals surface area (Å²) in [6, 6.07) is 9.80. The van der Waals surface area contributed by atoms with Crippen LogP contribution in [0.4, 0.5) is 0 Å². The minimum absolute atomic E-state index is 0.0770. The van der Waals surface area contributed by atoms with Gasteiger partial charge in [0.1, 0.15) is 0 Å². The van der Waals surface area contributed by atoms with E-state index >= 15 is 0 Å². The zero-order valence-corrected chi connectivity index (χ0v) is 10.9. The summed E-state index contributed by atoms with van der Waals surface area (Å²) in [4.78, 5) is 14.8. The minimum Gasteiger partial charge on any atom is -0.475 e. The van der Waals surface area contributed by atoms with Crippen molar-refractivity contribution in [2.75, 3.05) is 0 Å². The maximum absolute atomic E-state index is 10.8. The zero-order valence-electron chi connectivity index (χ0n) is 10.9. The van der Waals surface area contributed by atoms with E-state index in [2.05, 4.69) is 24.0 Å². The van der Waals surface area contributed by atoms with Gasteiger partial charge in [0.05, 0.1) is 5.92 Å². The maximum atomic E-state index is 10.8. The molecule has 0 fully saturated rings. The number of carbonyl (C=O) groups is 1. The summed E-state index contributed by atoms with van der Waals surface area (Å²) in [6.07, 6.45) is 0.935. The molecule has 0 bridgehead atoms. The zero-order chi connectivity index (χ0) is 13.8. The van der Waals surface area contributed by atoms with Crippen molar-refractivity contribution in [3.8, 4) is 0 Å². The first-order valence-corrected chi connectivity index (χ1v) is 6.25. The molecule has 0 aliphatic heterocycles. The van der Waals surface area contributed by atoms with Gasteiger partial charge < -0.3 is 9.63 Å². The van der Waals surface area contributed by atoms with Crippen molar-refractivity contribution in [1.29, 1.82) is 0 Å². The third-order valence-electron chi connectivity index (χ3n) is 3.27. The third kappa shape index (κ3) is 2.81. The molecular weight excluding hydrogens is 244 g/mol. The topological polar surface area (TPSA) is 76.2 Å². The number of benzene rings is 1. The summed E-state index contributed by atoms with van der Waals surface area (Å²) in [5, 5.41) is 12.4. The molecule has 0 amide bonds. The predicted molar refractivity (Wildman–Crippen MR) is 69.0 cm³/mol. The van der Waals surface area contributed by atoms with E-state index in [0.29, 0.717) is 5.89 Å². The van der Waals surface area contributed by atoms with Gasteiger partial charge in [0.15, 0.2) is 0 Å². The SMILES string of the molecule is CCC(C)C(c1ccccc1)c1nc(C(=O)O)no1. The minimum atomic E-state index is -1.18. The second-order valence-corrected chi connectivity index (χ2v) is 4.54. The highest BCUT2D eigenvalue weighted by Gasteiger charge is 2.27. The molecule has 19 heavy (non-hydrogen) atoms. The lowest BCUT2D eigenvalue weighted by molar-refractivity contribution is 0.0680. The average molecular weight is 260 g/mol. The fraction of sp³-hybridized carbons (Fsp3) is 0.357. The number of carboxylic acid groups (broad SMARTS) is 1. The molecule has 0 radical (unpaired) electrons. The van der Waals surface area contributed by atoms with Crippen LogP contribution in [0.1, 0.15) is 48.3 Å². The highest BCUT2D eigenvalue weighted by molar-refractivity contribution is 5.82. The van der Waals surface area contributed by atoms with E-state index in [4.69, 9.17) is 9.63 Å². The van der Waals surface area contributed by atoms with E-state index in [1.165, 1.54) is 0 Å². The Labute approximate surface area is 111 Å². The van der Waals surface area contributed by atoms with Crippen molar-refractivity contribution in [3.63, 3.8) is 0 Å². The molecule has 5 nitrogen and oxygen atoms in total. The highest BCUT2D eigenvalue weighted by atomic mass is 16.5. The Morgan fingerprint density at radius 3 is 2.58 bits per heavy atom. The van der Waals surface area contributed by atoms with Gasteiger partial charge in [-0.05, 0) is 16.6 Å². The Hall–Kier alpha value is -2.17. The van der Waals surface area contributed by atoms with Crippen LogP contribution in [0.2, 0.25) is 0 Å². The van der Waals surface area contributed by atoms with Gasteiger partial charge in [-0.1, -0.05) is 50.6 Å². The number of aromatic nitrogens is 2. The number of hydrogen-bond acceptors (Lipinski definition) is 4. The van der Waals surface area contributed by atoms with Gasteiger partial charge in [0.25, 0.3) is 5.82 Å². The van der Waals surface area contributed by atoms with Crippen molar-refractivity contribution in [3.05, 3.63) is 47.6 Å². The molecule has 1 N–H and O–H groups in total. The van der Waals surface area contributed by atoms with Gasteiger partial charge in [-0.25, -0.2) is 4.79 Å². The molecule has 0 spiro atoms. The van der Waals surface area contributed by atoms with E-state index in [1.807, 2.05) is 30.3 Å². The molecule has 2 atom stereocenters. The van der Waals surface area contributed by atoms with Crippen LogP contribution in [0.3, 0.4) is 0 Å². The molecule has 0 aliphatic rings. The Morgan fingerprint density at radius 1 is 1.37 bits per heavy atom. The molecule has 2 aromatic rings. The van der Waals surface area contributed by atoms with Crippen molar-refractivity contribution in [2.45, 2.75) is 26.2 Å². The first-order valence-electron chi connectivity index (χ1n) is 6.25. The van der Waals surface area contributed by atoms with E-state index in [-0.39, 0.29) is 17.7 Å². The van der Waals surface area contributed by atoms with Crippen LogP contribution in [0, 0.1) is 5.92 Å². The van der Waals surface area contributed by atoms with Gasteiger partial charge >= 0.3 is 5.97 Å². The molecule has 1 aromatic carbocycles. The van der Waals surface area contributed by atoms with Crippen LogP contribution in [0.15, 0.2) is 34.9 Å². The fourth-order valence-electron chi connectivity index (χ4n) is 2.06. The van der Waals surface area contributed by atoms with Crippen molar-refractivity contribution in [2.24, 2.45) is 5.92 Å². The van der Waals surface area contributed by atoms with Crippen LogP contribution in [0.5, 0.6) is 0 Å². The Balaban J connectivity index is 2.40. The summed E-state index contributed by atoms with van der Waals surface area (Å²) >= 11 is 0. The second-order valence-electron chi connectivity index (χ2n) is 4.54. The standard InChI is InChI=1S/C14H16N2O3/c1-3-9(2)11(10-7-5-4-6-8-10)13-15-12(14(17)18)16-19-13/h4-9,11H,3H2,1-2H3,(H,17,18). The molecule has 1 heterocycles. The second kappa shape index (κ2) is 5.65. The Bertz CT molecular complexity index is 551. The van der Waals surface area contributed by atoms with Crippen molar-refractivity contribution < 1.29 is 14.4 Å². The number of aromatic carboxylic acids is 1. The van der Waals surface area contributed by atoms with Gasteiger partial charge in [-0.2, -0.15) is 4.98 Å². The van der Waals surface area contributed by atoms with E-state index in [1.54, 1.807) is 0 Å². The molecule has 0 saturated heterocycles. The van der Waals surface area contributed by atoms with Crippen molar-refractivity contribution >= 4 is 5.97 Å². The lowest BCUT2D eigenvalue weighted by Crippen LogP contribution is -2.11. The summed E-state index contributed by atoms with van der Waals surface area (Å²) in [7, 11) is 0. The third-order valence-corrected chi connectivity index (χ3v) is 3.27. The number of rotatable bonds is 5. The monoisotopic (exact) mass is 260 g/mol. The summed E-state index contributed by atoms with van der Waals surface area (Å²) < 4.78 is 5.12. The van der Waals surface area contributed by atoms with Crippen LogP contribution in [-0.2, 0) is 0 Å². The normalized spacial score (nSPS) is 14.0. The fourth-order valence-corrected chi connectivity index (χ4v) is 2.06. The summed E-state index contributed by atoms with van der Waals surface area (Å²) in [6.45, 7) is 4.16. The van der Waals surface area contributed by atoms with Crippen molar-refractivity contribution in [1.82, 2.24) is 10.1 Å². The molecule has 5 heteroatoms. The molecule has 2 rings (SSSR count). The molecular formula is C14H16N2O3. The van der Waals surface area contributed by atoms with Crippen LogP contribution in [-0.4, -0.2) is 21.2 Å². The van der Waals surface area contributed by atoms with Crippen LogP contribution >= 0.6 is 0 Å². The molecule has 0 saturated carbocycles. The Kier molecular flexibility index (Phi) is 3.94. The maximum Gasteiger partial charge on any atom is 0.377 e. The van der Waals surface area contributed by atoms with E-state index in [9.17, 15) is 4.79 Å². The van der Waals surface area contributed by atoms with Gasteiger partial charge in [0, 0.05) is 0 Å². The highest BCUT2D eigenvalue weighted by Crippen LogP contribution is 2.32. The van der Waals surface area contributed by atoms with Crippen LogP contribution in [0.25, 0.3) is 0 Å². The lowest BCUT2D eigenvalue weighted by Gasteiger charge is -2.19. The van der Waals surface area contributed by atoms with Gasteiger partial charge in [0.2, 0.25) is 5.89 Å².